The van der Waals surface area contributed by atoms with Crippen molar-refractivity contribution in [2.45, 2.75) is 158 Å². The summed E-state index contributed by atoms with van der Waals surface area (Å²) in [6, 6.07) is 63.0. The molecule has 0 atom stereocenters. The monoisotopic (exact) mass is 1280 g/mol. The highest BCUT2D eigenvalue weighted by atomic mass is 15.1. The summed E-state index contributed by atoms with van der Waals surface area (Å²) in [6.45, 7) is 34.7. The molecular weight excluding hydrogens is 1180 g/mol. The van der Waals surface area contributed by atoms with Crippen LogP contribution < -0.4 is 0 Å². The van der Waals surface area contributed by atoms with Gasteiger partial charge >= 0.3 is 0 Å². The lowest BCUT2D eigenvalue weighted by molar-refractivity contribution is 0.617. The van der Waals surface area contributed by atoms with Crippen molar-refractivity contribution in [3.63, 3.8) is 0 Å². The van der Waals surface area contributed by atoms with Crippen LogP contribution in [0.2, 0.25) is 0 Å². The highest BCUT2D eigenvalue weighted by molar-refractivity contribution is 5.81. The number of imidazole rings is 5. The number of aromatic amines is 3. The number of fused-ring (bicyclic) bond motifs is 8. The van der Waals surface area contributed by atoms with Crippen LogP contribution in [0.4, 0.5) is 0 Å². The van der Waals surface area contributed by atoms with E-state index in [9.17, 15) is 0 Å². The van der Waals surface area contributed by atoms with Crippen LogP contribution in [-0.4, -0.2) is 67.2 Å². The van der Waals surface area contributed by atoms with Gasteiger partial charge in [0.15, 0.2) is 0 Å². The van der Waals surface area contributed by atoms with Crippen LogP contribution in [0.3, 0.4) is 0 Å². The largest absolute Gasteiger partial charge is 0.358 e. The van der Waals surface area contributed by atoms with E-state index in [2.05, 4.69) is 288 Å². The number of para-hydroxylation sites is 6. The molecule has 0 aliphatic heterocycles. The Morgan fingerprint density at radius 1 is 0.385 bits per heavy atom. The summed E-state index contributed by atoms with van der Waals surface area (Å²) < 4.78 is 10.8. The van der Waals surface area contributed by atoms with Gasteiger partial charge in [-0.05, 0) is 165 Å². The second kappa shape index (κ2) is 33.2. The van der Waals surface area contributed by atoms with E-state index in [4.69, 9.17) is 0 Å². The average molecular weight is 1280 g/mol. The van der Waals surface area contributed by atoms with Crippen molar-refractivity contribution in [3.05, 3.63) is 272 Å². The number of pyridine rings is 4. The Morgan fingerprint density at radius 2 is 1.01 bits per heavy atom. The molecule has 0 saturated carbocycles. The number of nitrogens with one attached hydrogen (secondary N) is 3. The maximum atomic E-state index is 4.48. The molecular formula is C82H98N14. The van der Waals surface area contributed by atoms with E-state index >= 15 is 0 Å². The SMILES string of the molecule is CC(C)c1cc2ccccc2[nH]1.CC(C)c1ccc2cc[nH]c2n1.CC(C)c1cn2ccccc2n1.CC(C)c1cnc2ccccn12.CC(C)c1nc2ccccc2[nH]1.CC(C)c1ncc2ccccn12.CC(C)n1ccc2ccccc21.CC(C)n1cnc2ccccc21. The molecule has 0 unspecified atom stereocenters. The Bertz CT molecular complexity index is 4330. The van der Waals surface area contributed by atoms with Crippen LogP contribution in [0.25, 0.3) is 71.7 Å². The Balaban J connectivity index is 0.000000129. The van der Waals surface area contributed by atoms with E-state index in [1.54, 1.807) is 0 Å². The molecule has 0 radical (unpaired) electrons. The molecule has 0 aliphatic rings. The standard InChI is InChI=1S/2C11H13N.6C10H12N2/c1-9(2)12-8-7-10-5-3-4-6-11(10)12;1-8(2)11-7-9-5-3-4-6-10(9)12-11;1-7(2)9-4-3-8-5-6-11-10(8)12-9;1-8(2)9-7-12-6-4-3-5-10(12)11-9;1-8(2)9-7-11-10-5-3-4-6-12(9)10;1-8(2)12-7-11-9-5-3-4-6-10(9)12;1-8(2)10-11-7-9-5-3-4-6-12(9)10;1-7(2)10-11-8-5-3-4-6-9(8)12-10/h3-9H,1-2H3;3-8,12H,1-2H3;3-7H,1-2H3,(H,11,12);4*3-8H,1-2H3;3-7H,1-2H3,(H,11,12). The van der Waals surface area contributed by atoms with Crippen LogP contribution in [0, 0.1) is 0 Å². The minimum absolute atomic E-state index is 0.470. The molecule has 0 aliphatic carbocycles. The first-order valence-corrected chi connectivity index (χ1v) is 33.9. The van der Waals surface area contributed by atoms with Gasteiger partial charge in [-0.15, -0.1) is 0 Å². The van der Waals surface area contributed by atoms with Crippen molar-refractivity contribution in [1.82, 2.24) is 67.2 Å². The van der Waals surface area contributed by atoms with Gasteiger partial charge in [0.2, 0.25) is 0 Å². The Kier molecular flexibility index (Phi) is 24.2. The van der Waals surface area contributed by atoms with Gasteiger partial charge in [-0.1, -0.05) is 162 Å². The van der Waals surface area contributed by atoms with Crippen molar-refractivity contribution in [1.29, 1.82) is 0 Å². The molecule has 4 aromatic carbocycles. The van der Waals surface area contributed by atoms with Crippen molar-refractivity contribution >= 4 is 71.7 Å². The van der Waals surface area contributed by atoms with Crippen molar-refractivity contribution in [3.8, 4) is 0 Å². The van der Waals surface area contributed by atoms with Gasteiger partial charge in [0.25, 0.3) is 0 Å². The van der Waals surface area contributed by atoms with Gasteiger partial charge in [-0.2, -0.15) is 0 Å². The molecule has 0 spiro atoms. The minimum Gasteiger partial charge on any atom is -0.358 e. The zero-order valence-corrected chi connectivity index (χ0v) is 59.1. The van der Waals surface area contributed by atoms with Gasteiger partial charge in [0.05, 0.1) is 45.8 Å². The fourth-order valence-corrected chi connectivity index (χ4v) is 10.9. The lowest BCUT2D eigenvalue weighted by Gasteiger charge is -2.08. The van der Waals surface area contributed by atoms with E-state index in [0.717, 1.165) is 56.5 Å². The number of H-pyrrole nitrogens is 3. The first-order valence-electron chi connectivity index (χ1n) is 33.9. The highest BCUT2D eigenvalue weighted by Gasteiger charge is 2.10. The van der Waals surface area contributed by atoms with Gasteiger partial charge in [0.1, 0.15) is 28.6 Å². The molecule has 12 aromatic heterocycles. The second-order valence-corrected chi connectivity index (χ2v) is 26.5. The third kappa shape index (κ3) is 18.1. The number of hydrogen-bond acceptors (Lipinski definition) is 6. The lowest BCUT2D eigenvalue weighted by atomic mass is 10.1. The maximum Gasteiger partial charge on any atom is 0.137 e. The van der Waals surface area contributed by atoms with Gasteiger partial charge in [-0.3, -0.25) is 0 Å². The quantitative estimate of drug-likeness (QED) is 0.138. The molecule has 14 heteroatoms. The average Bonchev–Trinajstić information content (AvgIpc) is 1.72. The van der Waals surface area contributed by atoms with Gasteiger partial charge in [0, 0.05) is 101 Å². The molecule has 14 nitrogen and oxygen atoms in total. The molecule has 3 N–H and O–H groups in total. The fraction of sp³-hybridized carbons (Fsp3) is 0.293. The molecule has 16 rings (SSSR count). The topological polar surface area (TPSA) is 148 Å². The van der Waals surface area contributed by atoms with Crippen LogP contribution in [-0.2, 0) is 0 Å². The van der Waals surface area contributed by atoms with E-state index in [1.165, 1.54) is 49.6 Å². The maximum absolute atomic E-state index is 4.48. The highest BCUT2D eigenvalue weighted by Crippen LogP contribution is 2.24. The molecule has 16 aromatic rings. The zero-order valence-electron chi connectivity index (χ0n) is 59.1. The predicted molar refractivity (Wildman–Crippen MR) is 403 cm³/mol. The molecule has 0 saturated heterocycles. The number of aromatic nitrogens is 14. The molecule has 96 heavy (non-hydrogen) atoms. The zero-order chi connectivity index (χ0) is 68.4. The summed E-state index contributed by atoms with van der Waals surface area (Å²) in [5, 5.41) is 3.81. The number of hydrogen-bond donors (Lipinski definition) is 3. The number of benzene rings is 4. The Morgan fingerprint density at radius 3 is 1.67 bits per heavy atom. The molecule has 0 amide bonds. The van der Waals surface area contributed by atoms with Crippen molar-refractivity contribution in [2.24, 2.45) is 0 Å². The predicted octanol–water partition coefficient (Wildman–Crippen LogP) is 21.9. The first kappa shape index (κ1) is 70.0. The fourth-order valence-electron chi connectivity index (χ4n) is 10.9. The first-order chi connectivity index (χ1) is 46.2. The van der Waals surface area contributed by atoms with E-state index in [0.29, 0.717) is 47.6 Å². The van der Waals surface area contributed by atoms with Gasteiger partial charge < -0.3 is 37.3 Å². The summed E-state index contributed by atoms with van der Waals surface area (Å²) >= 11 is 0. The van der Waals surface area contributed by atoms with E-state index in [1.807, 2.05) is 128 Å². The van der Waals surface area contributed by atoms with Crippen LogP contribution in [0.1, 0.15) is 193 Å². The Labute approximate surface area is 566 Å². The minimum atomic E-state index is 0.470. The van der Waals surface area contributed by atoms with Crippen LogP contribution >= 0.6 is 0 Å². The van der Waals surface area contributed by atoms with E-state index < -0.39 is 0 Å². The van der Waals surface area contributed by atoms with Crippen molar-refractivity contribution < 1.29 is 0 Å². The lowest BCUT2D eigenvalue weighted by Crippen LogP contribution is -1.97. The van der Waals surface area contributed by atoms with E-state index in [-0.39, 0.29) is 0 Å². The third-order valence-electron chi connectivity index (χ3n) is 16.4. The number of nitrogens with zero attached hydrogens (tertiary/aromatic N) is 11. The number of rotatable bonds is 8. The summed E-state index contributed by atoms with van der Waals surface area (Å²) in [7, 11) is 0. The normalized spacial score (nSPS) is 11.2. The molecule has 0 fully saturated rings. The second-order valence-electron chi connectivity index (χ2n) is 26.5. The van der Waals surface area contributed by atoms with Crippen LogP contribution in [0.15, 0.2) is 238 Å². The summed E-state index contributed by atoms with van der Waals surface area (Å²) in [4.78, 5) is 36.2. The van der Waals surface area contributed by atoms with Crippen LogP contribution in [0.5, 0.6) is 0 Å². The third-order valence-corrected chi connectivity index (χ3v) is 16.4. The Hall–Kier alpha value is -10.3. The molecule has 496 valence electrons. The smallest absolute Gasteiger partial charge is 0.137 e. The van der Waals surface area contributed by atoms with Gasteiger partial charge in [-0.25, -0.2) is 29.9 Å². The summed E-state index contributed by atoms with van der Waals surface area (Å²) in [6.07, 6.45) is 18.0. The molecule has 0 bridgehead atoms. The van der Waals surface area contributed by atoms with Crippen molar-refractivity contribution in [2.75, 3.05) is 0 Å². The molecule has 12 heterocycles. The summed E-state index contributed by atoms with van der Waals surface area (Å²) in [5.41, 5.74) is 16.1. The summed E-state index contributed by atoms with van der Waals surface area (Å²) in [5.74, 6) is 5.26.